The Morgan fingerprint density at radius 1 is 0.952 bits per heavy atom. The molecule has 62 heavy (non-hydrogen) atoms. The molecule has 326 valence electrons. The van der Waals surface area contributed by atoms with Gasteiger partial charge in [-0.2, -0.15) is 10.1 Å². The fourth-order valence-corrected chi connectivity index (χ4v) is 10.2. The zero-order valence-corrected chi connectivity index (χ0v) is 35.7. The number of rotatable bonds is 8. The predicted molar refractivity (Wildman–Crippen MR) is 234 cm³/mol. The van der Waals surface area contributed by atoms with Crippen LogP contribution in [0, 0.1) is 11.8 Å². The fraction of sp³-hybridized carbons (Fsp3) is 0.500. The Kier molecular flexibility index (Phi) is 10.2. The Balaban J connectivity index is 0.790. The number of carbonyl (C=O) groups excluding carboxylic acids is 2. The minimum Gasteiger partial charge on any atom is -0.480 e. The van der Waals surface area contributed by atoms with Crippen LogP contribution in [0.5, 0.6) is 5.75 Å². The Hall–Kier alpha value is -5.55. The Morgan fingerprint density at radius 2 is 1.73 bits per heavy atom. The maximum absolute atomic E-state index is 15.2. The number of aryl methyl sites for hydroxylation is 2. The lowest BCUT2D eigenvalue weighted by Crippen LogP contribution is -2.53. The van der Waals surface area contributed by atoms with Gasteiger partial charge in [0.05, 0.1) is 46.3 Å². The van der Waals surface area contributed by atoms with E-state index >= 15 is 8.78 Å². The van der Waals surface area contributed by atoms with Crippen LogP contribution in [0.1, 0.15) is 57.1 Å². The van der Waals surface area contributed by atoms with Crippen LogP contribution in [0.25, 0.3) is 21.8 Å². The molecule has 4 aliphatic heterocycles. The molecule has 15 nitrogen and oxygen atoms in total. The molecule has 5 aliphatic rings. The lowest BCUT2D eigenvalue weighted by atomic mass is 9.88. The number of carbonyl (C=O) groups is 2. The average molecular weight is 870 g/mol. The molecule has 1 saturated carbocycles. The number of halogens is 3. The van der Waals surface area contributed by atoms with Gasteiger partial charge in [0.25, 0.3) is 5.56 Å². The van der Waals surface area contributed by atoms with E-state index in [4.69, 9.17) is 26.4 Å². The number of piperidine rings is 2. The maximum Gasteiger partial charge on any atom is 0.301 e. The predicted octanol–water partition coefficient (Wildman–Crippen LogP) is 5.78. The fourth-order valence-electron chi connectivity index (χ4n) is 10.1. The Labute approximate surface area is 361 Å². The number of hydrogen-bond acceptors (Lipinski definition) is 12. The number of piperazine rings is 1. The summed E-state index contributed by atoms with van der Waals surface area (Å²) >= 11 is 6.65. The quantitative estimate of drug-likeness (QED) is 0.162. The highest BCUT2D eigenvalue weighted by atomic mass is 35.5. The van der Waals surface area contributed by atoms with Crippen molar-refractivity contribution in [3.05, 3.63) is 63.7 Å². The van der Waals surface area contributed by atoms with Crippen LogP contribution in [0.4, 0.5) is 37.6 Å². The molecule has 3 saturated heterocycles. The number of aromatic nitrogens is 5. The molecule has 5 aromatic rings. The van der Waals surface area contributed by atoms with Crippen LogP contribution in [-0.4, -0.2) is 105 Å². The second kappa shape index (κ2) is 15.7. The molecule has 1 aliphatic carbocycles. The molecule has 0 bridgehead atoms. The first-order valence-corrected chi connectivity index (χ1v) is 22.0. The number of imide groups is 1. The number of para-hydroxylation sites is 1. The van der Waals surface area contributed by atoms with Gasteiger partial charge in [0, 0.05) is 82.3 Å². The van der Waals surface area contributed by atoms with E-state index in [2.05, 4.69) is 48.6 Å². The minimum absolute atomic E-state index is 0.108. The normalized spacial score (nSPS) is 22.8. The van der Waals surface area contributed by atoms with Crippen molar-refractivity contribution in [2.45, 2.75) is 69.4 Å². The van der Waals surface area contributed by atoms with E-state index in [1.165, 1.54) is 4.57 Å². The van der Waals surface area contributed by atoms with Crippen molar-refractivity contribution in [2.24, 2.45) is 25.9 Å². The number of nitrogens with one attached hydrogen (secondary N) is 3. The summed E-state index contributed by atoms with van der Waals surface area (Å²) in [5, 5.41) is 15.5. The summed E-state index contributed by atoms with van der Waals surface area (Å²) in [4.78, 5) is 54.4. The monoisotopic (exact) mass is 869 g/mol. The van der Waals surface area contributed by atoms with E-state index in [-0.39, 0.29) is 29.2 Å². The standard InChI is InChI=1S/C44H50ClF2N11O4/c1-24(25-13-15-57(16-14-25)33-6-4-5-28-35(53-55(3)37(28)33)29-10-12-34(59)50-41(29)60)56-17-19-58(20-18-56)43-48-22-31(45)40(52-43)49-27-9-11-32-30(21-27)36-38(42(61)54(32)2)62-23-44(46,47)39(51-36)26-7-8-26/h4-6,9,11,21-22,24-26,29,39,51H,7-8,10,12-20,23H2,1-3H3,(H,48,49,52)(H,50,59,60)/t24-,29?,39+/m1/s1. The van der Waals surface area contributed by atoms with Crippen LogP contribution in [-0.2, 0) is 23.7 Å². The van der Waals surface area contributed by atoms with E-state index in [1.807, 2.05) is 23.9 Å². The second-order valence-electron chi connectivity index (χ2n) is 17.6. The van der Waals surface area contributed by atoms with E-state index in [0.717, 1.165) is 74.4 Å². The first-order chi connectivity index (χ1) is 29.8. The molecule has 4 fully saturated rings. The highest BCUT2D eigenvalue weighted by Gasteiger charge is 2.51. The zero-order chi connectivity index (χ0) is 43.0. The van der Waals surface area contributed by atoms with Gasteiger partial charge in [0.15, 0.2) is 12.4 Å². The Bertz CT molecular complexity index is 2650. The number of hydrogen-bond donors (Lipinski definition) is 3. The summed E-state index contributed by atoms with van der Waals surface area (Å²) in [6, 6.07) is 10.9. The Morgan fingerprint density at radius 3 is 2.47 bits per heavy atom. The SMILES string of the molecule is C[C@H](C1CCN(c2cccc3c(C4CCC(=O)NC4=O)nn(C)c23)CC1)N1CCN(c2ncc(Cl)c(Nc3ccc4c(c3)c3c(c(=O)n4C)OCC(F)(F)[C@H](C4CC4)N3)n2)CC1. The van der Waals surface area contributed by atoms with Gasteiger partial charge >= 0.3 is 5.92 Å². The van der Waals surface area contributed by atoms with Crippen LogP contribution in [0.15, 0.2) is 47.4 Å². The number of fused-ring (bicyclic) bond motifs is 4. The third kappa shape index (κ3) is 7.25. The van der Waals surface area contributed by atoms with Gasteiger partial charge in [-0.15, -0.1) is 0 Å². The molecule has 2 amide bonds. The van der Waals surface area contributed by atoms with Gasteiger partial charge in [-0.3, -0.25) is 29.3 Å². The van der Waals surface area contributed by atoms with Crippen LogP contribution in [0.2, 0.25) is 5.02 Å². The summed E-state index contributed by atoms with van der Waals surface area (Å²) in [5.41, 5.74) is 3.86. The molecule has 3 atom stereocenters. The number of amides is 2. The third-order valence-corrected chi connectivity index (χ3v) is 14.1. The largest absolute Gasteiger partial charge is 0.480 e. The van der Waals surface area contributed by atoms with Gasteiger partial charge in [-0.05, 0) is 75.1 Å². The van der Waals surface area contributed by atoms with Crippen molar-refractivity contribution in [1.29, 1.82) is 0 Å². The van der Waals surface area contributed by atoms with Crippen LogP contribution >= 0.6 is 11.6 Å². The maximum atomic E-state index is 15.2. The molecular formula is C44H50ClF2N11O4. The molecule has 7 heterocycles. The first-order valence-electron chi connectivity index (χ1n) is 21.6. The molecule has 3 aromatic heterocycles. The zero-order valence-electron chi connectivity index (χ0n) is 35.0. The minimum atomic E-state index is -3.13. The summed E-state index contributed by atoms with van der Waals surface area (Å²) in [6.07, 6.45) is 5.87. The summed E-state index contributed by atoms with van der Waals surface area (Å²) in [6.45, 7) is 6.53. The first kappa shape index (κ1) is 40.5. The van der Waals surface area contributed by atoms with E-state index < -0.39 is 30.0 Å². The molecule has 1 unspecified atom stereocenters. The van der Waals surface area contributed by atoms with Gasteiger partial charge in [0.1, 0.15) is 5.02 Å². The van der Waals surface area contributed by atoms with E-state index in [0.29, 0.717) is 71.0 Å². The number of alkyl halides is 2. The molecule has 0 spiro atoms. The molecule has 0 radical (unpaired) electrons. The number of ether oxygens (including phenoxy) is 1. The van der Waals surface area contributed by atoms with Crippen molar-refractivity contribution < 1.29 is 23.1 Å². The topological polar surface area (TPSA) is 155 Å². The average Bonchev–Trinajstić information content (AvgIpc) is 4.07. The summed E-state index contributed by atoms with van der Waals surface area (Å²) < 4.78 is 39.2. The summed E-state index contributed by atoms with van der Waals surface area (Å²) in [7, 11) is 3.53. The number of anilines is 5. The highest BCUT2D eigenvalue weighted by Crippen LogP contribution is 2.46. The van der Waals surface area contributed by atoms with Gasteiger partial charge < -0.3 is 29.7 Å². The van der Waals surface area contributed by atoms with Crippen molar-refractivity contribution >= 4 is 74.0 Å². The molecule has 2 aromatic carbocycles. The van der Waals surface area contributed by atoms with Crippen molar-refractivity contribution in [2.75, 3.05) is 66.3 Å². The lowest BCUT2D eigenvalue weighted by molar-refractivity contribution is -0.134. The number of benzene rings is 2. The van der Waals surface area contributed by atoms with Crippen LogP contribution in [0.3, 0.4) is 0 Å². The van der Waals surface area contributed by atoms with Crippen molar-refractivity contribution in [1.82, 2.24) is 34.5 Å². The second-order valence-corrected chi connectivity index (χ2v) is 18.0. The van der Waals surface area contributed by atoms with E-state index in [1.54, 1.807) is 31.4 Å². The molecule has 18 heteroatoms. The van der Waals surface area contributed by atoms with Gasteiger partial charge in [-0.1, -0.05) is 23.7 Å². The van der Waals surface area contributed by atoms with Crippen LogP contribution < -0.4 is 36.0 Å². The highest BCUT2D eigenvalue weighted by molar-refractivity contribution is 6.33. The summed E-state index contributed by atoms with van der Waals surface area (Å²) in [5.74, 6) is -2.87. The van der Waals surface area contributed by atoms with Gasteiger partial charge in [0.2, 0.25) is 23.5 Å². The van der Waals surface area contributed by atoms with E-state index in [9.17, 15) is 14.4 Å². The van der Waals surface area contributed by atoms with Gasteiger partial charge in [-0.25, -0.2) is 13.8 Å². The number of pyridine rings is 1. The number of nitrogens with zero attached hydrogens (tertiary/aromatic N) is 8. The van der Waals surface area contributed by atoms with Crippen molar-refractivity contribution in [3.63, 3.8) is 0 Å². The smallest absolute Gasteiger partial charge is 0.301 e. The molecule has 10 rings (SSSR count). The molecule has 3 N–H and O–H groups in total. The lowest BCUT2D eigenvalue weighted by Gasteiger charge is -2.43. The van der Waals surface area contributed by atoms with Crippen molar-refractivity contribution in [3.8, 4) is 5.75 Å². The third-order valence-electron chi connectivity index (χ3n) is 13.8. The molecular weight excluding hydrogens is 820 g/mol.